The summed E-state index contributed by atoms with van der Waals surface area (Å²) < 4.78 is 35.1. The molecule has 1 rings (SSSR count). The van der Waals surface area contributed by atoms with Gasteiger partial charge in [-0.25, -0.2) is 0 Å². The molecule has 1 unspecified atom stereocenters. The maximum atomic E-state index is 11.7. The van der Waals surface area contributed by atoms with Crippen molar-refractivity contribution in [1.82, 2.24) is 5.32 Å². The van der Waals surface area contributed by atoms with Crippen LogP contribution in [0.5, 0.6) is 0 Å². The first-order valence-electron chi connectivity index (χ1n) is 2.50. The summed E-state index contributed by atoms with van der Waals surface area (Å²) in [5, 5.41) is 1.44. The monoisotopic (exact) mass is 157 g/mol. The first kappa shape index (κ1) is 7.21. The molecule has 0 amide bonds. The zero-order valence-corrected chi connectivity index (χ0v) is 5.35. The lowest BCUT2D eigenvalue weighted by atomic mass is 10.4. The molecule has 0 bridgehead atoms. The second kappa shape index (κ2) is 2.38. The number of hydrogen-bond donors (Lipinski definition) is 1. The smallest absolute Gasteiger partial charge is 0.306 e. The molecule has 9 heavy (non-hydrogen) atoms. The Bertz CT molecular complexity index is 96.5. The van der Waals surface area contributed by atoms with Crippen molar-refractivity contribution in [3.8, 4) is 0 Å². The molecule has 0 saturated carbocycles. The van der Waals surface area contributed by atoms with Crippen LogP contribution in [0.4, 0.5) is 13.2 Å². The normalized spacial score (nSPS) is 29.0. The van der Waals surface area contributed by atoms with Crippen LogP contribution in [0.1, 0.15) is 0 Å². The summed E-state index contributed by atoms with van der Waals surface area (Å²) in [4.78, 5) is 0. The van der Waals surface area contributed by atoms with Gasteiger partial charge in [-0.2, -0.15) is 13.2 Å². The molecule has 54 valence electrons. The van der Waals surface area contributed by atoms with E-state index < -0.39 is 11.4 Å². The van der Waals surface area contributed by atoms with Crippen molar-refractivity contribution in [2.75, 3.05) is 12.4 Å². The van der Waals surface area contributed by atoms with Gasteiger partial charge in [-0.05, 0) is 0 Å². The molecule has 0 spiro atoms. The average Bonchev–Trinajstić information content (AvgIpc) is 2.08. The Morgan fingerprint density at radius 2 is 2.11 bits per heavy atom. The third kappa shape index (κ3) is 1.76. The molecule has 0 aromatic heterocycles. The number of hydrogen-bond acceptors (Lipinski definition) is 2. The molecule has 1 fully saturated rings. The van der Waals surface area contributed by atoms with E-state index in [1.54, 1.807) is 0 Å². The first-order chi connectivity index (χ1) is 4.11. The van der Waals surface area contributed by atoms with Gasteiger partial charge in [0.25, 0.3) is 0 Å². The standard InChI is InChI=1S/C4H6F3NS/c5-4(6,7)3-1-8-2-9-3/h3,8H,1-2H2. The highest BCUT2D eigenvalue weighted by molar-refractivity contribution is 8.00. The zero-order chi connectivity index (χ0) is 6.91. The Labute approximate surface area is 55.0 Å². The molecule has 0 radical (unpaired) electrons. The van der Waals surface area contributed by atoms with Gasteiger partial charge in [0.1, 0.15) is 5.25 Å². The molecule has 1 nitrogen and oxygen atoms in total. The minimum Gasteiger partial charge on any atom is -0.306 e. The maximum Gasteiger partial charge on any atom is 0.401 e. The van der Waals surface area contributed by atoms with Gasteiger partial charge in [-0.15, -0.1) is 11.8 Å². The Morgan fingerprint density at radius 3 is 2.33 bits per heavy atom. The van der Waals surface area contributed by atoms with E-state index in [9.17, 15) is 13.2 Å². The molecule has 0 aromatic rings. The molecule has 1 heterocycles. The highest BCUT2D eigenvalue weighted by Gasteiger charge is 2.41. The summed E-state index contributed by atoms with van der Waals surface area (Å²) in [6, 6.07) is 0. The fourth-order valence-electron chi connectivity index (χ4n) is 0.619. The predicted molar refractivity (Wildman–Crippen MR) is 30.3 cm³/mol. The fourth-order valence-corrected chi connectivity index (χ4v) is 1.48. The first-order valence-corrected chi connectivity index (χ1v) is 3.54. The fraction of sp³-hybridized carbons (Fsp3) is 1.00. The van der Waals surface area contributed by atoms with Gasteiger partial charge < -0.3 is 5.32 Å². The van der Waals surface area contributed by atoms with Gasteiger partial charge in [-0.1, -0.05) is 0 Å². The minimum absolute atomic E-state index is 0.0637. The van der Waals surface area contributed by atoms with E-state index in [0.717, 1.165) is 11.8 Å². The SMILES string of the molecule is FC(F)(F)C1CNCS1. The van der Waals surface area contributed by atoms with Crippen molar-refractivity contribution in [2.45, 2.75) is 11.4 Å². The van der Waals surface area contributed by atoms with Gasteiger partial charge in [0, 0.05) is 12.4 Å². The van der Waals surface area contributed by atoms with Crippen LogP contribution in [-0.4, -0.2) is 23.8 Å². The lowest BCUT2D eigenvalue weighted by Crippen LogP contribution is -2.28. The second-order valence-electron chi connectivity index (χ2n) is 1.80. The minimum atomic E-state index is -4.02. The quantitative estimate of drug-likeness (QED) is 0.567. The molecule has 1 aliphatic heterocycles. The van der Waals surface area contributed by atoms with E-state index in [-0.39, 0.29) is 6.54 Å². The Kier molecular flexibility index (Phi) is 1.91. The van der Waals surface area contributed by atoms with E-state index in [2.05, 4.69) is 5.32 Å². The average molecular weight is 157 g/mol. The van der Waals surface area contributed by atoms with Gasteiger partial charge in [-0.3, -0.25) is 0 Å². The van der Waals surface area contributed by atoms with Gasteiger partial charge in [0.05, 0.1) is 0 Å². The summed E-state index contributed by atoms with van der Waals surface area (Å²) in [6.45, 7) is 0.0637. The van der Waals surface area contributed by atoms with Crippen molar-refractivity contribution in [3.05, 3.63) is 0 Å². The largest absolute Gasteiger partial charge is 0.401 e. The third-order valence-electron chi connectivity index (χ3n) is 1.08. The van der Waals surface area contributed by atoms with Gasteiger partial charge in [0.2, 0.25) is 0 Å². The van der Waals surface area contributed by atoms with Crippen LogP contribution < -0.4 is 5.32 Å². The Morgan fingerprint density at radius 1 is 1.44 bits per heavy atom. The molecule has 0 aliphatic carbocycles. The van der Waals surface area contributed by atoms with Crippen molar-refractivity contribution in [2.24, 2.45) is 0 Å². The summed E-state index contributed by atoms with van der Waals surface area (Å²) in [7, 11) is 0. The molecule has 1 atom stereocenters. The van der Waals surface area contributed by atoms with Crippen LogP contribution >= 0.6 is 11.8 Å². The number of nitrogens with one attached hydrogen (secondary N) is 1. The third-order valence-corrected chi connectivity index (χ3v) is 2.29. The number of alkyl halides is 3. The second-order valence-corrected chi connectivity index (χ2v) is 2.99. The van der Waals surface area contributed by atoms with Crippen LogP contribution in [0.2, 0.25) is 0 Å². The zero-order valence-electron chi connectivity index (χ0n) is 4.53. The highest BCUT2D eigenvalue weighted by Crippen LogP contribution is 2.31. The Hall–Kier alpha value is 0.100. The molecule has 5 heteroatoms. The maximum absolute atomic E-state index is 11.7. The van der Waals surface area contributed by atoms with Crippen LogP contribution in [0.3, 0.4) is 0 Å². The number of halogens is 3. The molecular formula is C4H6F3NS. The van der Waals surface area contributed by atoms with Crippen molar-refractivity contribution < 1.29 is 13.2 Å². The Balaban J connectivity index is 2.42. The molecular weight excluding hydrogens is 151 g/mol. The number of rotatable bonds is 0. The molecule has 0 aromatic carbocycles. The summed E-state index contributed by atoms with van der Waals surface area (Å²) in [5.74, 6) is 0.421. The lowest BCUT2D eigenvalue weighted by Gasteiger charge is -2.10. The number of thioether (sulfide) groups is 1. The molecule has 1 saturated heterocycles. The van der Waals surface area contributed by atoms with Crippen molar-refractivity contribution in [1.29, 1.82) is 0 Å². The van der Waals surface area contributed by atoms with Crippen LogP contribution in [-0.2, 0) is 0 Å². The summed E-state index contributed by atoms with van der Waals surface area (Å²) in [6.07, 6.45) is -4.02. The van der Waals surface area contributed by atoms with E-state index in [4.69, 9.17) is 0 Å². The molecule has 1 N–H and O–H groups in total. The highest BCUT2D eigenvalue weighted by atomic mass is 32.2. The van der Waals surface area contributed by atoms with Crippen molar-refractivity contribution >= 4 is 11.8 Å². The van der Waals surface area contributed by atoms with E-state index >= 15 is 0 Å². The van der Waals surface area contributed by atoms with Crippen LogP contribution in [0.15, 0.2) is 0 Å². The van der Waals surface area contributed by atoms with E-state index in [1.807, 2.05) is 0 Å². The summed E-state index contributed by atoms with van der Waals surface area (Å²) >= 11 is 0.913. The predicted octanol–water partition coefficient (Wildman–Crippen LogP) is 1.21. The van der Waals surface area contributed by atoms with E-state index in [0.29, 0.717) is 5.88 Å². The van der Waals surface area contributed by atoms with Gasteiger partial charge >= 0.3 is 6.18 Å². The summed E-state index contributed by atoms with van der Waals surface area (Å²) in [5.41, 5.74) is 0. The van der Waals surface area contributed by atoms with E-state index in [1.165, 1.54) is 0 Å². The topological polar surface area (TPSA) is 12.0 Å². The van der Waals surface area contributed by atoms with Crippen LogP contribution in [0.25, 0.3) is 0 Å². The molecule has 1 aliphatic rings. The van der Waals surface area contributed by atoms with Crippen molar-refractivity contribution in [3.63, 3.8) is 0 Å². The van der Waals surface area contributed by atoms with Crippen LogP contribution in [0, 0.1) is 0 Å². The lowest BCUT2D eigenvalue weighted by molar-refractivity contribution is -0.126. The van der Waals surface area contributed by atoms with Gasteiger partial charge in [0.15, 0.2) is 0 Å².